The average molecular weight is 353 g/mol. The summed E-state index contributed by atoms with van der Waals surface area (Å²) in [5, 5.41) is 2.28. The maximum atomic E-state index is 12.5. The normalized spacial score (nSPS) is 22.0. The minimum absolute atomic E-state index is 0.223. The van der Waals surface area contributed by atoms with Crippen molar-refractivity contribution in [3.05, 3.63) is 36.7 Å². The molecule has 0 bridgehead atoms. The number of hydrogen-bond acceptors (Lipinski definition) is 4. The lowest BCUT2D eigenvalue weighted by Gasteiger charge is -2.33. The van der Waals surface area contributed by atoms with Crippen molar-refractivity contribution in [1.82, 2.24) is 14.8 Å². The highest BCUT2D eigenvalue weighted by atomic mass is 16.5. The molecule has 2 aliphatic rings. The first kappa shape index (κ1) is 17.3. The first-order valence-corrected chi connectivity index (χ1v) is 9.71. The van der Waals surface area contributed by atoms with Crippen LogP contribution < -0.4 is 4.74 Å². The van der Waals surface area contributed by atoms with E-state index in [0.29, 0.717) is 12.6 Å². The van der Waals surface area contributed by atoms with E-state index in [-0.39, 0.29) is 12.0 Å². The minimum atomic E-state index is 0.223. The van der Waals surface area contributed by atoms with E-state index in [2.05, 4.69) is 28.9 Å². The standard InChI is InChI=1S/C21H27N3O2/c1-16-3-2-10-24(16)21(25)15-23-11-7-19(8-12-23)26-20-5-4-17-6-9-22-14-18(17)13-20/h4-6,9,13-14,16,19H,2-3,7-8,10-12,15H2,1H3/t16-/m1/s1. The number of piperidine rings is 1. The summed E-state index contributed by atoms with van der Waals surface area (Å²) in [5.74, 6) is 1.20. The van der Waals surface area contributed by atoms with E-state index < -0.39 is 0 Å². The molecular weight excluding hydrogens is 326 g/mol. The first-order chi connectivity index (χ1) is 12.7. The number of amides is 1. The third-order valence-corrected chi connectivity index (χ3v) is 5.68. The number of aromatic nitrogens is 1. The van der Waals surface area contributed by atoms with Crippen LogP contribution in [0, 0.1) is 0 Å². The summed E-state index contributed by atoms with van der Waals surface area (Å²) in [4.78, 5) is 21.0. The largest absolute Gasteiger partial charge is 0.490 e. The number of carbonyl (C=O) groups is 1. The van der Waals surface area contributed by atoms with Crippen LogP contribution in [0.25, 0.3) is 10.8 Å². The van der Waals surface area contributed by atoms with Gasteiger partial charge in [-0.3, -0.25) is 14.7 Å². The molecule has 0 radical (unpaired) electrons. The van der Waals surface area contributed by atoms with Gasteiger partial charge in [-0.2, -0.15) is 0 Å². The smallest absolute Gasteiger partial charge is 0.236 e. The first-order valence-electron chi connectivity index (χ1n) is 9.71. The number of carbonyl (C=O) groups excluding carboxylic acids is 1. The van der Waals surface area contributed by atoms with E-state index in [0.717, 1.165) is 56.5 Å². The molecule has 0 spiro atoms. The molecule has 0 N–H and O–H groups in total. The molecule has 1 aromatic heterocycles. The Kier molecular flexibility index (Phi) is 5.07. The quantitative estimate of drug-likeness (QED) is 0.847. The second kappa shape index (κ2) is 7.62. The average Bonchev–Trinajstić information content (AvgIpc) is 3.09. The molecule has 1 atom stereocenters. The molecule has 3 heterocycles. The third kappa shape index (κ3) is 3.83. The number of ether oxygens (including phenoxy) is 1. The number of pyridine rings is 1. The van der Waals surface area contributed by atoms with Crippen LogP contribution in [0.2, 0.25) is 0 Å². The highest BCUT2D eigenvalue weighted by molar-refractivity contribution is 5.82. The third-order valence-electron chi connectivity index (χ3n) is 5.68. The molecule has 138 valence electrons. The van der Waals surface area contributed by atoms with Crippen molar-refractivity contribution in [2.45, 2.75) is 44.8 Å². The second-order valence-corrected chi connectivity index (χ2v) is 7.56. The number of nitrogens with zero attached hydrogens (tertiary/aromatic N) is 3. The van der Waals surface area contributed by atoms with Crippen LogP contribution in [0.5, 0.6) is 5.75 Å². The van der Waals surface area contributed by atoms with E-state index in [9.17, 15) is 4.79 Å². The number of benzene rings is 1. The van der Waals surface area contributed by atoms with Gasteiger partial charge in [0.15, 0.2) is 0 Å². The van der Waals surface area contributed by atoms with Gasteiger partial charge in [0.2, 0.25) is 5.91 Å². The topological polar surface area (TPSA) is 45.7 Å². The fourth-order valence-corrected chi connectivity index (χ4v) is 4.10. The van der Waals surface area contributed by atoms with Gasteiger partial charge in [0.05, 0.1) is 6.54 Å². The number of fused-ring (bicyclic) bond motifs is 1. The van der Waals surface area contributed by atoms with Crippen LogP contribution in [0.15, 0.2) is 36.7 Å². The molecule has 2 fully saturated rings. The van der Waals surface area contributed by atoms with E-state index in [1.54, 1.807) is 0 Å². The van der Waals surface area contributed by atoms with Gasteiger partial charge >= 0.3 is 0 Å². The number of hydrogen-bond donors (Lipinski definition) is 0. The van der Waals surface area contributed by atoms with Gasteiger partial charge in [-0.1, -0.05) is 6.07 Å². The van der Waals surface area contributed by atoms with Crippen molar-refractivity contribution in [2.24, 2.45) is 0 Å². The van der Waals surface area contributed by atoms with Crippen LogP contribution in [0.3, 0.4) is 0 Å². The van der Waals surface area contributed by atoms with Gasteiger partial charge in [-0.25, -0.2) is 0 Å². The summed E-state index contributed by atoms with van der Waals surface area (Å²) >= 11 is 0. The summed E-state index contributed by atoms with van der Waals surface area (Å²) in [6.07, 6.45) is 8.12. The molecule has 0 saturated carbocycles. The van der Waals surface area contributed by atoms with Crippen molar-refractivity contribution in [2.75, 3.05) is 26.2 Å². The predicted molar refractivity (Wildman–Crippen MR) is 102 cm³/mol. The predicted octanol–water partition coefficient (Wildman–Crippen LogP) is 3.09. The van der Waals surface area contributed by atoms with Crippen LogP contribution in [-0.4, -0.2) is 59.0 Å². The van der Waals surface area contributed by atoms with Crippen molar-refractivity contribution < 1.29 is 9.53 Å². The molecule has 5 heteroatoms. The zero-order chi connectivity index (χ0) is 17.9. The number of rotatable bonds is 4. The van der Waals surface area contributed by atoms with Gasteiger partial charge < -0.3 is 9.64 Å². The lowest BCUT2D eigenvalue weighted by Crippen LogP contribution is -2.45. The zero-order valence-electron chi connectivity index (χ0n) is 15.4. The Labute approximate surface area is 154 Å². The molecule has 0 aliphatic carbocycles. The highest BCUT2D eigenvalue weighted by Crippen LogP contribution is 2.24. The van der Waals surface area contributed by atoms with E-state index in [1.807, 2.05) is 29.4 Å². The van der Waals surface area contributed by atoms with E-state index in [4.69, 9.17) is 4.74 Å². The van der Waals surface area contributed by atoms with E-state index >= 15 is 0 Å². The molecule has 1 aromatic carbocycles. The summed E-state index contributed by atoms with van der Waals surface area (Å²) in [6.45, 7) is 5.49. The van der Waals surface area contributed by atoms with Crippen LogP contribution >= 0.6 is 0 Å². The Bertz CT molecular complexity index is 771. The molecule has 2 aromatic rings. The van der Waals surface area contributed by atoms with Gasteiger partial charge in [0.25, 0.3) is 0 Å². The molecule has 5 nitrogen and oxygen atoms in total. The Balaban J connectivity index is 1.28. The van der Waals surface area contributed by atoms with Crippen molar-refractivity contribution >= 4 is 16.7 Å². The molecular formula is C21H27N3O2. The molecule has 0 unspecified atom stereocenters. The Morgan fingerprint density at radius 3 is 2.77 bits per heavy atom. The minimum Gasteiger partial charge on any atom is -0.490 e. The molecule has 2 saturated heterocycles. The van der Waals surface area contributed by atoms with Crippen LogP contribution in [-0.2, 0) is 4.79 Å². The van der Waals surface area contributed by atoms with Gasteiger partial charge in [-0.05, 0) is 56.2 Å². The Hall–Kier alpha value is -2.14. The molecule has 4 rings (SSSR count). The lowest BCUT2D eigenvalue weighted by atomic mass is 10.1. The second-order valence-electron chi connectivity index (χ2n) is 7.56. The van der Waals surface area contributed by atoms with E-state index in [1.165, 1.54) is 5.39 Å². The van der Waals surface area contributed by atoms with Crippen molar-refractivity contribution in [3.63, 3.8) is 0 Å². The molecule has 2 aliphatic heterocycles. The van der Waals surface area contributed by atoms with Gasteiger partial charge in [0, 0.05) is 43.5 Å². The van der Waals surface area contributed by atoms with Crippen LogP contribution in [0.4, 0.5) is 0 Å². The Morgan fingerprint density at radius 1 is 1.15 bits per heavy atom. The summed E-state index contributed by atoms with van der Waals surface area (Å²) in [7, 11) is 0. The summed E-state index contributed by atoms with van der Waals surface area (Å²) in [5.41, 5.74) is 0. The summed E-state index contributed by atoms with van der Waals surface area (Å²) in [6, 6.07) is 8.60. The molecule has 26 heavy (non-hydrogen) atoms. The SMILES string of the molecule is C[C@@H]1CCCN1C(=O)CN1CCC(Oc2ccc3ccncc3c2)CC1. The zero-order valence-corrected chi connectivity index (χ0v) is 15.4. The maximum Gasteiger partial charge on any atom is 0.236 e. The maximum absolute atomic E-state index is 12.5. The van der Waals surface area contributed by atoms with Crippen molar-refractivity contribution in [1.29, 1.82) is 0 Å². The van der Waals surface area contributed by atoms with Crippen molar-refractivity contribution in [3.8, 4) is 5.75 Å². The molecule has 1 amide bonds. The summed E-state index contributed by atoms with van der Waals surface area (Å²) < 4.78 is 6.18. The number of likely N-dealkylation sites (tertiary alicyclic amines) is 2. The highest BCUT2D eigenvalue weighted by Gasteiger charge is 2.28. The monoisotopic (exact) mass is 353 g/mol. The van der Waals surface area contributed by atoms with Gasteiger partial charge in [0.1, 0.15) is 11.9 Å². The van der Waals surface area contributed by atoms with Crippen LogP contribution in [0.1, 0.15) is 32.6 Å². The lowest BCUT2D eigenvalue weighted by molar-refractivity contribution is -0.133. The fourth-order valence-electron chi connectivity index (χ4n) is 4.10. The Morgan fingerprint density at radius 2 is 2.00 bits per heavy atom. The fraction of sp³-hybridized carbons (Fsp3) is 0.524. The van der Waals surface area contributed by atoms with Gasteiger partial charge in [-0.15, -0.1) is 0 Å².